The molecule has 9 aromatic rings. The van der Waals surface area contributed by atoms with Crippen molar-refractivity contribution in [2.45, 2.75) is 373 Å². The zero-order valence-corrected chi connectivity index (χ0v) is 62.2. The minimum atomic E-state index is 0. The van der Waals surface area contributed by atoms with Gasteiger partial charge in [0, 0.05) is 113 Å². The van der Waals surface area contributed by atoms with E-state index in [0.717, 1.165) is 58.5 Å². The van der Waals surface area contributed by atoms with Crippen LogP contribution < -0.4 is 0 Å². The van der Waals surface area contributed by atoms with Crippen LogP contribution in [0.4, 0.5) is 0 Å². The largest absolute Gasteiger partial charge is 0.469 e. The predicted molar refractivity (Wildman–Crippen MR) is 423 cm³/mol. The molecule has 0 aromatic carbocycles. The maximum absolute atomic E-state index is 5.43. The van der Waals surface area contributed by atoms with Crippen LogP contribution in [0.3, 0.4) is 0 Å². The van der Waals surface area contributed by atoms with Crippen LogP contribution in [0.5, 0.6) is 0 Å². The Morgan fingerprint density at radius 1 is 0.451 bits per heavy atom. The Balaban J connectivity index is 0.000000296. The molecule has 9 heterocycles. The highest BCUT2D eigenvalue weighted by Crippen LogP contribution is 2.47. The molecule has 102 heavy (non-hydrogen) atoms. The molecule has 0 N–H and O–H groups in total. The summed E-state index contributed by atoms with van der Waals surface area (Å²) >= 11 is 1.61. The van der Waals surface area contributed by atoms with E-state index in [4.69, 9.17) is 13.6 Å². The van der Waals surface area contributed by atoms with Crippen molar-refractivity contribution >= 4 is 11.5 Å². The highest BCUT2D eigenvalue weighted by Gasteiger charge is 2.34. The first kappa shape index (κ1) is 89.4. The number of aromatic nitrogens is 16. The lowest BCUT2D eigenvalue weighted by molar-refractivity contribution is 0.299. The normalized spacial score (nSPS) is 16.1. The van der Waals surface area contributed by atoms with Gasteiger partial charge >= 0.3 is 0 Å². The Morgan fingerprint density at radius 3 is 1.50 bits per heavy atom. The molecule has 0 unspecified atom stereocenters. The number of hydrogen-bond acceptors (Lipinski definition) is 15. The molecule has 8 aliphatic rings. The van der Waals surface area contributed by atoms with Gasteiger partial charge in [0.25, 0.3) is 0 Å². The van der Waals surface area contributed by atoms with Gasteiger partial charge in [0.1, 0.15) is 35.6 Å². The van der Waals surface area contributed by atoms with Gasteiger partial charge in [-0.2, -0.15) is 4.37 Å². The van der Waals surface area contributed by atoms with Crippen LogP contribution in [0.15, 0.2) is 93.8 Å². The summed E-state index contributed by atoms with van der Waals surface area (Å²) in [7, 11) is 0. The maximum Gasteiger partial charge on any atom is 0.135 e. The zero-order chi connectivity index (χ0) is 68.7. The van der Waals surface area contributed by atoms with E-state index >= 15 is 0 Å². The van der Waals surface area contributed by atoms with E-state index in [2.05, 4.69) is 210 Å². The average molecular weight is 1430 g/mol. The molecule has 8 fully saturated rings. The summed E-state index contributed by atoms with van der Waals surface area (Å²) in [6.07, 6.45) is 42.2. The van der Waals surface area contributed by atoms with Crippen LogP contribution >= 0.6 is 11.5 Å². The number of imidazole rings is 3. The van der Waals surface area contributed by atoms with Gasteiger partial charge in [-0.1, -0.05) is 148 Å². The second-order valence-corrected chi connectivity index (χ2v) is 31.2. The molecule has 17 rings (SSSR count). The van der Waals surface area contributed by atoms with Crippen molar-refractivity contribution in [2.24, 2.45) is 0 Å². The lowest BCUT2D eigenvalue weighted by atomic mass is 10.0. The SMILES string of the molecule is C.C.C.C.C.C.CC(C)c1cncn1C1CC1.CC(C)c1nncn1C1CC1.CC(C)c1nocc1C1CC1.CC(C)c1nonc1C1CC1.CC(C)c1nscc1C1CC1.CC(C)c1occc1C1CC1.CC(C)n1ccnc1.CC(C)n1cncc1C1CC1.CC(C)n1nncc1C1CC1. The Labute approximate surface area is 621 Å². The van der Waals surface area contributed by atoms with Gasteiger partial charge in [-0.25, -0.2) is 24.3 Å². The standard InChI is InChI=1S/C10H14O.2C9H14N2.C9H13NO.C9H13NS.2C8H13N3.C8H12N2O.C6H10N2.6CH4/c1-7(2)10-9(5-6-11-10)8-3-4-8;1-7(2)11-6-10-5-9(11)8-3-4-8;1-7(2)9-5-10-6-11(9)8-3-4-8;2*1-6(2)9-8(5-11-10-9)7-3-4-7;1-6(2)8-10-9-5-11(8)7-3-4-7;1-6(2)11-8(5-9-10-11)7-3-4-7;1-5(2)7-8(6-3-4-6)10-11-9-7;1-6(2)8-4-3-7-5-8;;;;;;/h3*5-8H,3-4H2,1-2H3;4*5-7H,3-4H2,1-2H3;5-6H,3-4H2,1-2H3;3-6H,1-2H3;6*1H4. The van der Waals surface area contributed by atoms with Crippen LogP contribution in [0.25, 0.3) is 0 Å². The van der Waals surface area contributed by atoms with Gasteiger partial charge in [0.15, 0.2) is 0 Å². The quantitative estimate of drug-likeness (QED) is 0.0832. The maximum atomic E-state index is 5.43. The third-order valence-corrected chi connectivity index (χ3v) is 19.1. The van der Waals surface area contributed by atoms with E-state index in [9.17, 15) is 0 Å². The highest BCUT2D eigenvalue weighted by atomic mass is 32.1. The van der Waals surface area contributed by atoms with Gasteiger partial charge in [-0.15, -0.1) is 15.3 Å². The summed E-state index contributed by atoms with van der Waals surface area (Å²) in [4.78, 5) is 12.2. The van der Waals surface area contributed by atoms with Gasteiger partial charge in [-0.3, -0.25) is 0 Å². The van der Waals surface area contributed by atoms with Crippen LogP contribution in [0.2, 0.25) is 0 Å². The van der Waals surface area contributed by atoms with E-state index in [1.807, 2.05) is 67.3 Å². The fraction of sp³-hybridized carbons (Fsp3) is 0.695. The van der Waals surface area contributed by atoms with Crippen LogP contribution in [0.1, 0.15) is 441 Å². The smallest absolute Gasteiger partial charge is 0.135 e. The van der Waals surface area contributed by atoms with Crippen molar-refractivity contribution in [1.82, 2.24) is 78.3 Å². The zero-order valence-electron chi connectivity index (χ0n) is 61.4. The van der Waals surface area contributed by atoms with Crippen LogP contribution in [-0.2, 0) is 0 Å². The van der Waals surface area contributed by atoms with Gasteiger partial charge in [0.2, 0.25) is 0 Å². The second kappa shape index (κ2) is 42.2. The summed E-state index contributed by atoms with van der Waals surface area (Å²) in [5, 5.41) is 30.0. The molecule has 19 nitrogen and oxygen atoms in total. The monoisotopic (exact) mass is 1430 g/mol. The molecule has 0 amide bonds. The van der Waals surface area contributed by atoms with E-state index in [1.165, 1.54) is 148 Å². The van der Waals surface area contributed by atoms with Crippen molar-refractivity contribution in [3.63, 3.8) is 0 Å². The molecule has 0 saturated heterocycles. The fourth-order valence-electron chi connectivity index (χ4n) is 11.6. The van der Waals surface area contributed by atoms with Crippen molar-refractivity contribution in [3.05, 3.63) is 148 Å². The Kier molecular flexibility index (Phi) is 37.0. The van der Waals surface area contributed by atoms with E-state index in [0.29, 0.717) is 65.6 Å². The number of hydrogen-bond donors (Lipinski definition) is 0. The molecule has 0 atom stereocenters. The Bertz CT molecular complexity index is 2840. The summed E-state index contributed by atoms with van der Waals surface area (Å²) in [5.74, 6) is 10.2. The van der Waals surface area contributed by atoms with Gasteiger partial charge in [0.05, 0.1) is 48.5 Å². The average Bonchev–Trinajstić information content (AvgIpc) is 1.74. The van der Waals surface area contributed by atoms with Crippen LogP contribution in [-0.4, -0.2) is 78.3 Å². The molecular formula is C82H140N16O3S. The van der Waals surface area contributed by atoms with Crippen LogP contribution in [0, 0.1) is 0 Å². The minimum Gasteiger partial charge on any atom is -0.469 e. The minimum absolute atomic E-state index is 0. The topological polar surface area (TPSA) is 206 Å². The van der Waals surface area contributed by atoms with Gasteiger partial charge in [-0.05, 0) is 209 Å². The molecule has 8 aliphatic carbocycles. The first-order valence-electron chi connectivity index (χ1n) is 36.7. The fourth-order valence-corrected chi connectivity index (χ4v) is 12.5. The third kappa shape index (κ3) is 26.7. The third-order valence-electron chi connectivity index (χ3n) is 18.4. The van der Waals surface area contributed by atoms with Crippen molar-refractivity contribution in [3.8, 4) is 0 Å². The highest BCUT2D eigenvalue weighted by molar-refractivity contribution is 7.03. The van der Waals surface area contributed by atoms with Gasteiger partial charge < -0.3 is 27.2 Å². The Morgan fingerprint density at radius 2 is 1.01 bits per heavy atom. The molecule has 0 aliphatic heterocycles. The molecule has 0 radical (unpaired) electrons. The van der Waals surface area contributed by atoms with E-state index < -0.39 is 0 Å². The molecule has 20 heteroatoms. The predicted octanol–water partition coefficient (Wildman–Crippen LogP) is 24.6. The second-order valence-electron chi connectivity index (χ2n) is 30.6. The molecular weight excluding hydrogens is 1290 g/mol. The number of rotatable bonds is 17. The molecule has 0 spiro atoms. The van der Waals surface area contributed by atoms with E-state index in [-0.39, 0.29) is 44.6 Å². The van der Waals surface area contributed by atoms with E-state index in [1.54, 1.807) is 17.7 Å². The van der Waals surface area contributed by atoms with Crippen molar-refractivity contribution < 1.29 is 13.6 Å². The Hall–Kier alpha value is -6.83. The first-order chi connectivity index (χ1) is 46.1. The molecule has 9 aromatic heterocycles. The number of furan rings is 1. The molecule has 8 saturated carbocycles. The molecule has 0 bridgehead atoms. The molecule has 572 valence electrons. The van der Waals surface area contributed by atoms with Crippen molar-refractivity contribution in [1.29, 1.82) is 0 Å². The summed E-state index contributed by atoms with van der Waals surface area (Å²) < 4.78 is 30.4. The summed E-state index contributed by atoms with van der Waals surface area (Å²) in [6.45, 7) is 39.0. The first-order valence-corrected chi connectivity index (χ1v) is 37.5. The number of nitrogens with zero attached hydrogens (tertiary/aromatic N) is 16. The van der Waals surface area contributed by atoms with Crippen molar-refractivity contribution in [2.75, 3.05) is 0 Å². The summed E-state index contributed by atoms with van der Waals surface area (Å²) in [6, 6.07) is 5.17. The lowest BCUT2D eigenvalue weighted by Crippen LogP contribution is -2.06. The lowest BCUT2D eigenvalue weighted by Gasteiger charge is -2.10. The summed E-state index contributed by atoms with van der Waals surface area (Å²) in [5.41, 5.74) is 13.1.